The van der Waals surface area contributed by atoms with Gasteiger partial charge in [-0.05, 0) is 12.8 Å². The minimum Gasteiger partial charge on any atom is -0.293 e. The Labute approximate surface area is 221 Å². The van der Waals surface area contributed by atoms with E-state index in [2.05, 4.69) is 13.8 Å². The van der Waals surface area contributed by atoms with Crippen LogP contribution in [0.4, 0.5) is 0 Å². The molecule has 0 amide bonds. The van der Waals surface area contributed by atoms with E-state index >= 15 is 0 Å². The van der Waals surface area contributed by atoms with E-state index in [1.54, 1.807) is 13.3 Å². The highest BCUT2D eigenvalue weighted by molar-refractivity contribution is 7.71. The standard InChI is InChI=1S/C30H64O3P2/c1-5-7-9-11-13-15-17-19-21-23-25-27-29-34(3,31)33-35(4,32)30-28-26-24-22-20-18-16-14-12-10-8-6-2/h5-30H2,1-4H3. The van der Waals surface area contributed by atoms with Crippen LogP contribution >= 0.6 is 14.7 Å². The third kappa shape index (κ3) is 27.3. The van der Waals surface area contributed by atoms with Crippen LogP contribution in [0.3, 0.4) is 0 Å². The van der Waals surface area contributed by atoms with Gasteiger partial charge >= 0.3 is 0 Å². The quantitative estimate of drug-likeness (QED) is 0.0740. The summed E-state index contributed by atoms with van der Waals surface area (Å²) in [5, 5.41) is 0. The average molecular weight is 535 g/mol. The van der Waals surface area contributed by atoms with Gasteiger partial charge in [-0.25, -0.2) is 0 Å². The van der Waals surface area contributed by atoms with Gasteiger partial charge in [-0.3, -0.25) is 13.4 Å². The minimum absolute atomic E-state index is 0.584. The summed E-state index contributed by atoms with van der Waals surface area (Å²) in [5.74, 6) is 0. The maximum Gasteiger partial charge on any atom is 0.205 e. The zero-order chi connectivity index (χ0) is 26.1. The normalized spacial score (nSPS) is 15.2. The van der Waals surface area contributed by atoms with Crippen molar-refractivity contribution in [2.75, 3.05) is 25.7 Å². The van der Waals surface area contributed by atoms with Gasteiger partial charge in [0.15, 0.2) is 0 Å². The predicted molar refractivity (Wildman–Crippen MR) is 160 cm³/mol. The van der Waals surface area contributed by atoms with E-state index in [0.29, 0.717) is 12.3 Å². The Morgan fingerprint density at radius 3 is 0.800 bits per heavy atom. The largest absolute Gasteiger partial charge is 0.293 e. The molecule has 0 rings (SSSR count). The van der Waals surface area contributed by atoms with Crippen molar-refractivity contribution in [2.24, 2.45) is 0 Å². The predicted octanol–water partition coefficient (Wildman–Crippen LogP) is 12.2. The smallest absolute Gasteiger partial charge is 0.205 e. The molecule has 0 aromatic rings. The molecule has 0 aliphatic rings. The third-order valence-corrected chi connectivity index (χ3v) is 12.2. The Morgan fingerprint density at radius 1 is 0.371 bits per heavy atom. The molecule has 5 heteroatoms. The topological polar surface area (TPSA) is 43.4 Å². The van der Waals surface area contributed by atoms with Crippen LogP contribution in [0.25, 0.3) is 0 Å². The first-order valence-electron chi connectivity index (χ1n) is 15.7. The molecule has 212 valence electrons. The molecular formula is C30H64O3P2. The SMILES string of the molecule is CCCCCCCCCCCCCCP(C)(=O)OP(C)(=O)CCCCCCCCCCCCCC. The van der Waals surface area contributed by atoms with Crippen molar-refractivity contribution in [1.82, 2.24) is 0 Å². The Morgan fingerprint density at radius 2 is 0.571 bits per heavy atom. The summed E-state index contributed by atoms with van der Waals surface area (Å²) < 4.78 is 31.4. The number of unbranched alkanes of at least 4 members (excludes halogenated alkanes) is 22. The molecule has 0 fully saturated rings. The lowest BCUT2D eigenvalue weighted by Crippen LogP contribution is -1.97. The molecule has 3 nitrogen and oxygen atoms in total. The molecule has 0 aromatic heterocycles. The highest BCUT2D eigenvalue weighted by atomic mass is 31.2. The number of hydrogen-bond acceptors (Lipinski definition) is 3. The maximum atomic E-state index is 12.8. The summed E-state index contributed by atoms with van der Waals surface area (Å²) in [6.45, 7) is 7.93. The zero-order valence-corrected chi connectivity index (χ0v) is 26.3. The summed E-state index contributed by atoms with van der Waals surface area (Å²) >= 11 is 0. The first-order valence-corrected chi connectivity index (χ1v) is 20.2. The lowest BCUT2D eigenvalue weighted by molar-refractivity contribution is 0.459. The molecular weight excluding hydrogens is 470 g/mol. The molecule has 0 N–H and O–H groups in total. The molecule has 0 aliphatic heterocycles. The Balaban J connectivity index is 3.62. The van der Waals surface area contributed by atoms with E-state index in [9.17, 15) is 9.13 Å². The minimum atomic E-state index is -2.74. The van der Waals surface area contributed by atoms with E-state index in [1.165, 1.54) is 128 Å². The molecule has 0 radical (unpaired) electrons. The molecule has 2 unspecified atom stereocenters. The van der Waals surface area contributed by atoms with Gasteiger partial charge in [0.2, 0.25) is 14.7 Å². The fraction of sp³-hybridized carbons (Fsp3) is 1.00. The maximum absolute atomic E-state index is 12.8. The van der Waals surface area contributed by atoms with Crippen molar-refractivity contribution < 1.29 is 13.4 Å². The van der Waals surface area contributed by atoms with Crippen molar-refractivity contribution in [2.45, 2.75) is 168 Å². The van der Waals surface area contributed by atoms with Crippen LogP contribution in [-0.2, 0) is 13.4 Å². The summed E-state index contributed by atoms with van der Waals surface area (Å²) in [5.41, 5.74) is 0. The van der Waals surface area contributed by atoms with Crippen LogP contribution < -0.4 is 0 Å². The first-order chi connectivity index (χ1) is 16.8. The van der Waals surface area contributed by atoms with Gasteiger partial charge in [0, 0.05) is 25.7 Å². The van der Waals surface area contributed by atoms with E-state index in [1.807, 2.05) is 0 Å². The highest BCUT2D eigenvalue weighted by Crippen LogP contribution is 2.60. The second-order valence-electron chi connectivity index (χ2n) is 11.3. The third-order valence-electron chi connectivity index (χ3n) is 7.18. The highest BCUT2D eigenvalue weighted by Gasteiger charge is 2.26. The first kappa shape index (κ1) is 35.4. The van der Waals surface area contributed by atoms with E-state index < -0.39 is 14.7 Å². The van der Waals surface area contributed by atoms with Gasteiger partial charge in [-0.1, -0.05) is 155 Å². The van der Waals surface area contributed by atoms with Crippen LogP contribution in [-0.4, -0.2) is 25.7 Å². The van der Waals surface area contributed by atoms with Gasteiger partial charge in [0.25, 0.3) is 0 Å². The van der Waals surface area contributed by atoms with Crippen molar-refractivity contribution in [3.05, 3.63) is 0 Å². The monoisotopic (exact) mass is 534 g/mol. The lowest BCUT2D eigenvalue weighted by Gasteiger charge is -2.20. The summed E-state index contributed by atoms with van der Waals surface area (Å²) in [4.78, 5) is 0. The van der Waals surface area contributed by atoms with Gasteiger partial charge < -0.3 is 0 Å². The van der Waals surface area contributed by atoms with E-state index in [0.717, 1.165) is 25.7 Å². The van der Waals surface area contributed by atoms with Crippen LogP contribution in [0.1, 0.15) is 168 Å². The molecule has 0 heterocycles. The van der Waals surface area contributed by atoms with Crippen molar-refractivity contribution >= 4 is 14.7 Å². The van der Waals surface area contributed by atoms with Crippen LogP contribution in [0, 0.1) is 0 Å². The second kappa shape index (κ2) is 24.7. The van der Waals surface area contributed by atoms with Gasteiger partial charge in [-0.2, -0.15) is 0 Å². The Bertz CT molecular complexity index is 490. The number of hydrogen-bond donors (Lipinski definition) is 0. The summed E-state index contributed by atoms with van der Waals surface area (Å²) in [6, 6.07) is 0. The van der Waals surface area contributed by atoms with Crippen LogP contribution in [0.15, 0.2) is 0 Å². The molecule has 0 saturated carbocycles. The van der Waals surface area contributed by atoms with E-state index in [4.69, 9.17) is 4.31 Å². The van der Waals surface area contributed by atoms with Gasteiger partial charge in [-0.15, -0.1) is 0 Å². The number of rotatable bonds is 28. The van der Waals surface area contributed by atoms with Crippen molar-refractivity contribution in [3.63, 3.8) is 0 Å². The van der Waals surface area contributed by atoms with E-state index in [-0.39, 0.29) is 0 Å². The van der Waals surface area contributed by atoms with Crippen molar-refractivity contribution in [3.8, 4) is 0 Å². The Hall–Kier alpha value is 0.420. The van der Waals surface area contributed by atoms with Crippen LogP contribution in [0.5, 0.6) is 0 Å². The fourth-order valence-electron chi connectivity index (χ4n) is 4.93. The molecule has 35 heavy (non-hydrogen) atoms. The molecule has 0 aliphatic carbocycles. The van der Waals surface area contributed by atoms with Crippen LogP contribution in [0.2, 0.25) is 0 Å². The second-order valence-corrected chi connectivity index (χ2v) is 16.9. The van der Waals surface area contributed by atoms with Crippen molar-refractivity contribution in [1.29, 1.82) is 0 Å². The van der Waals surface area contributed by atoms with Gasteiger partial charge in [0.05, 0.1) is 0 Å². The lowest BCUT2D eigenvalue weighted by atomic mass is 10.1. The molecule has 0 spiro atoms. The van der Waals surface area contributed by atoms with Gasteiger partial charge in [0.1, 0.15) is 0 Å². The molecule has 0 saturated heterocycles. The molecule has 0 bridgehead atoms. The fourth-order valence-corrected chi connectivity index (χ4v) is 10.1. The Kier molecular flexibility index (Phi) is 25.0. The summed E-state index contributed by atoms with van der Waals surface area (Å²) in [7, 11) is -5.48. The molecule has 0 aromatic carbocycles. The zero-order valence-electron chi connectivity index (χ0n) is 24.5. The molecule has 2 atom stereocenters. The summed E-state index contributed by atoms with van der Waals surface area (Å²) in [6.07, 6.45) is 32.3. The average Bonchev–Trinajstić information content (AvgIpc) is 2.79.